The molecule has 2 aromatic carbocycles. The third-order valence-corrected chi connectivity index (χ3v) is 3.81. The van der Waals surface area contributed by atoms with Crippen LogP contribution in [0.25, 0.3) is 0 Å². The Morgan fingerprint density at radius 2 is 1.59 bits per heavy atom. The highest BCUT2D eigenvalue weighted by molar-refractivity contribution is 5.72. The van der Waals surface area contributed by atoms with Gasteiger partial charge in [0.1, 0.15) is 5.75 Å². The molecule has 0 N–H and O–H groups in total. The summed E-state index contributed by atoms with van der Waals surface area (Å²) in [6.45, 7) is 2.16. The van der Waals surface area contributed by atoms with E-state index in [1.807, 2.05) is 36.4 Å². The molecule has 1 unspecified atom stereocenters. The summed E-state index contributed by atoms with van der Waals surface area (Å²) >= 11 is 0. The molecule has 1 atom stereocenters. The standard InChI is InChI=1S/C20H24O2/c1-2-9-18(15-14-17-10-5-3-6-11-17)16-20(21)22-19-12-7-4-8-13-19/h3-8,10-13,18H,2,9,14-16H2,1H3. The fourth-order valence-corrected chi connectivity index (χ4v) is 2.67. The first-order valence-electron chi connectivity index (χ1n) is 8.07. The Labute approximate surface area is 133 Å². The second-order valence-corrected chi connectivity index (χ2v) is 5.67. The van der Waals surface area contributed by atoms with E-state index in [4.69, 9.17) is 4.74 Å². The van der Waals surface area contributed by atoms with Crippen LogP contribution in [0.3, 0.4) is 0 Å². The number of benzene rings is 2. The molecule has 0 aromatic heterocycles. The predicted octanol–water partition coefficient (Wildman–Crippen LogP) is 5.03. The van der Waals surface area contributed by atoms with Crippen LogP contribution in [0.4, 0.5) is 0 Å². The van der Waals surface area contributed by atoms with Gasteiger partial charge < -0.3 is 4.74 Å². The van der Waals surface area contributed by atoms with Crippen molar-refractivity contribution in [2.24, 2.45) is 5.92 Å². The van der Waals surface area contributed by atoms with Crippen molar-refractivity contribution in [1.29, 1.82) is 0 Å². The van der Waals surface area contributed by atoms with Gasteiger partial charge in [0.15, 0.2) is 0 Å². The lowest BCUT2D eigenvalue weighted by atomic mass is 9.92. The lowest BCUT2D eigenvalue weighted by molar-refractivity contribution is -0.135. The molecule has 0 spiro atoms. The van der Waals surface area contributed by atoms with Crippen molar-refractivity contribution >= 4 is 5.97 Å². The van der Waals surface area contributed by atoms with Gasteiger partial charge in [-0.05, 0) is 36.5 Å². The summed E-state index contributed by atoms with van der Waals surface area (Å²) in [5, 5.41) is 0. The van der Waals surface area contributed by atoms with Crippen LogP contribution >= 0.6 is 0 Å². The summed E-state index contributed by atoms with van der Waals surface area (Å²) in [7, 11) is 0. The minimum absolute atomic E-state index is 0.127. The van der Waals surface area contributed by atoms with Crippen LogP contribution in [0.1, 0.15) is 38.2 Å². The number of para-hydroxylation sites is 1. The van der Waals surface area contributed by atoms with Crippen molar-refractivity contribution in [2.75, 3.05) is 0 Å². The Balaban J connectivity index is 1.84. The summed E-state index contributed by atoms with van der Waals surface area (Å²) < 4.78 is 5.40. The zero-order valence-electron chi connectivity index (χ0n) is 13.2. The second-order valence-electron chi connectivity index (χ2n) is 5.67. The van der Waals surface area contributed by atoms with E-state index in [2.05, 4.69) is 31.2 Å². The van der Waals surface area contributed by atoms with Crippen molar-refractivity contribution in [3.63, 3.8) is 0 Å². The van der Waals surface area contributed by atoms with E-state index in [1.165, 1.54) is 5.56 Å². The summed E-state index contributed by atoms with van der Waals surface area (Å²) in [5.41, 5.74) is 1.33. The molecule has 0 bridgehead atoms. The van der Waals surface area contributed by atoms with Crippen LogP contribution in [-0.2, 0) is 11.2 Å². The largest absolute Gasteiger partial charge is 0.427 e. The number of carbonyl (C=O) groups is 1. The Hall–Kier alpha value is -2.09. The van der Waals surface area contributed by atoms with Gasteiger partial charge in [0.05, 0.1) is 0 Å². The van der Waals surface area contributed by atoms with Crippen LogP contribution in [-0.4, -0.2) is 5.97 Å². The first-order chi connectivity index (χ1) is 10.8. The predicted molar refractivity (Wildman–Crippen MR) is 89.9 cm³/mol. The summed E-state index contributed by atoms with van der Waals surface area (Å²) in [4.78, 5) is 12.1. The summed E-state index contributed by atoms with van der Waals surface area (Å²) in [6.07, 6.45) is 4.70. The monoisotopic (exact) mass is 296 g/mol. The Bertz CT molecular complexity index is 548. The molecule has 2 nitrogen and oxygen atoms in total. The maximum atomic E-state index is 12.1. The molecular formula is C20H24O2. The van der Waals surface area contributed by atoms with Gasteiger partial charge in [-0.2, -0.15) is 0 Å². The Morgan fingerprint density at radius 1 is 0.955 bits per heavy atom. The van der Waals surface area contributed by atoms with Crippen molar-refractivity contribution in [3.8, 4) is 5.75 Å². The van der Waals surface area contributed by atoms with Crippen molar-refractivity contribution < 1.29 is 9.53 Å². The van der Waals surface area contributed by atoms with E-state index in [9.17, 15) is 4.79 Å². The Morgan fingerprint density at radius 3 is 2.23 bits per heavy atom. The van der Waals surface area contributed by atoms with E-state index in [0.29, 0.717) is 18.1 Å². The molecule has 116 valence electrons. The number of aryl methyl sites for hydroxylation is 1. The zero-order valence-corrected chi connectivity index (χ0v) is 13.2. The first-order valence-corrected chi connectivity index (χ1v) is 8.07. The molecule has 0 heterocycles. The molecule has 0 aliphatic rings. The van der Waals surface area contributed by atoms with Crippen molar-refractivity contribution in [3.05, 3.63) is 66.2 Å². The number of hydrogen-bond acceptors (Lipinski definition) is 2. The van der Waals surface area contributed by atoms with Gasteiger partial charge in [0.25, 0.3) is 0 Å². The third-order valence-electron chi connectivity index (χ3n) is 3.81. The summed E-state index contributed by atoms with van der Waals surface area (Å²) in [5.74, 6) is 0.893. The van der Waals surface area contributed by atoms with E-state index in [0.717, 1.165) is 25.7 Å². The number of hydrogen-bond donors (Lipinski definition) is 0. The molecule has 0 aliphatic heterocycles. The topological polar surface area (TPSA) is 26.3 Å². The van der Waals surface area contributed by atoms with Gasteiger partial charge in [-0.15, -0.1) is 0 Å². The van der Waals surface area contributed by atoms with Gasteiger partial charge >= 0.3 is 5.97 Å². The molecule has 0 amide bonds. The van der Waals surface area contributed by atoms with Crippen LogP contribution in [0.5, 0.6) is 5.75 Å². The maximum absolute atomic E-state index is 12.1. The zero-order chi connectivity index (χ0) is 15.6. The molecular weight excluding hydrogens is 272 g/mol. The van der Waals surface area contributed by atoms with Gasteiger partial charge in [-0.25, -0.2) is 0 Å². The molecule has 2 rings (SSSR count). The maximum Gasteiger partial charge on any atom is 0.311 e. The minimum atomic E-state index is -0.127. The highest BCUT2D eigenvalue weighted by Gasteiger charge is 2.15. The van der Waals surface area contributed by atoms with E-state index >= 15 is 0 Å². The van der Waals surface area contributed by atoms with E-state index < -0.39 is 0 Å². The number of rotatable bonds is 8. The lowest BCUT2D eigenvalue weighted by Gasteiger charge is -2.15. The average molecular weight is 296 g/mol. The SMILES string of the molecule is CCCC(CCc1ccccc1)CC(=O)Oc1ccccc1. The van der Waals surface area contributed by atoms with Gasteiger partial charge in [-0.1, -0.05) is 68.3 Å². The van der Waals surface area contributed by atoms with Crippen molar-refractivity contribution in [1.82, 2.24) is 0 Å². The molecule has 22 heavy (non-hydrogen) atoms. The molecule has 2 aromatic rings. The highest BCUT2D eigenvalue weighted by atomic mass is 16.5. The van der Waals surface area contributed by atoms with Gasteiger partial charge in [0, 0.05) is 6.42 Å². The fourth-order valence-electron chi connectivity index (χ4n) is 2.67. The van der Waals surface area contributed by atoms with Crippen molar-refractivity contribution in [2.45, 2.75) is 39.0 Å². The number of esters is 1. The molecule has 0 radical (unpaired) electrons. The van der Waals surface area contributed by atoms with Crippen LogP contribution in [0.15, 0.2) is 60.7 Å². The highest BCUT2D eigenvalue weighted by Crippen LogP contribution is 2.20. The molecule has 0 saturated heterocycles. The number of carbonyl (C=O) groups excluding carboxylic acids is 1. The van der Waals surface area contributed by atoms with Gasteiger partial charge in [0.2, 0.25) is 0 Å². The van der Waals surface area contributed by atoms with Crippen LogP contribution < -0.4 is 4.74 Å². The molecule has 2 heteroatoms. The Kier molecular flexibility index (Phi) is 6.69. The summed E-state index contributed by atoms with van der Waals surface area (Å²) in [6, 6.07) is 19.7. The normalized spacial score (nSPS) is 11.9. The lowest BCUT2D eigenvalue weighted by Crippen LogP contribution is -2.15. The van der Waals surface area contributed by atoms with E-state index in [-0.39, 0.29) is 5.97 Å². The van der Waals surface area contributed by atoms with Gasteiger partial charge in [-0.3, -0.25) is 4.79 Å². The first kappa shape index (κ1) is 16.3. The van der Waals surface area contributed by atoms with Crippen LogP contribution in [0, 0.1) is 5.92 Å². The molecule has 0 fully saturated rings. The average Bonchev–Trinajstić information content (AvgIpc) is 2.55. The second kappa shape index (κ2) is 9.04. The van der Waals surface area contributed by atoms with E-state index in [1.54, 1.807) is 0 Å². The fraction of sp³-hybridized carbons (Fsp3) is 0.350. The molecule has 0 saturated carbocycles. The number of ether oxygens (including phenoxy) is 1. The molecule has 0 aliphatic carbocycles. The van der Waals surface area contributed by atoms with Crippen LogP contribution in [0.2, 0.25) is 0 Å². The smallest absolute Gasteiger partial charge is 0.311 e. The quantitative estimate of drug-likeness (QED) is 0.504. The third kappa shape index (κ3) is 5.72. The minimum Gasteiger partial charge on any atom is -0.427 e.